The standard InChI is InChI=1S/C7H8ClNO3S/c1-13(10,11)12-7-3-2-5(8)4-6(7)9/h2-4H,9H2,1H3. The largest absolute Gasteiger partial charge is 0.396 e. The summed E-state index contributed by atoms with van der Waals surface area (Å²) >= 11 is 5.60. The van der Waals surface area contributed by atoms with Crippen LogP contribution in [-0.2, 0) is 10.1 Å². The summed E-state index contributed by atoms with van der Waals surface area (Å²) in [6.45, 7) is 0. The van der Waals surface area contributed by atoms with Gasteiger partial charge in [-0.1, -0.05) is 11.6 Å². The Hall–Kier alpha value is -0.940. The van der Waals surface area contributed by atoms with Crippen molar-refractivity contribution < 1.29 is 12.6 Å². The molecule has 0 radical (unpaired) electrons. The molecule has 0 aromatic heterocycles. The van der Waals surface area contributed by atoms with Crippen molar-refractivity contribution in [2.24, 2.45) is 0 Å². The van der Waals surface area contributed by atoms with Crippen LogP contribution in [0.3, 0.4) is 0 Å². The van der Waals surface area contributed by atoms with Crippen molar-refractivity contribution in [3.8, 4) is 5.75 Å². The summed E-state index contributed by atoms with van der Waals surface area (Å²) in [5, 5.41) is 0.429. The third-order valence-corrected chi connectivity index (χ3v) is 1.93. The Morgan fingerprint density at radius 1 is 1.46 bits per heavy atom. The van der Waals surface area contributed by atoms with Gasteiger partial charge in [0, 0.05) is 5.02 Å². The molecule has 0 unspecified atom stereocenters. The van der Waals surface area contributed by atoms with E-state index in [0.29, 0.717) is 5.02 Å². The number of hydrogen-bond acceptors (Lipinski definition) is 4. The van der Waals surface area contributed by atoms with Crippen LogP contribution in [-0.4, -0.2) is 14.7 Å². The number of nitrogens with two attached hydrogens (primary N) is 1. The number of halogens is 1. The molecule has 4 nitrogen and oxygen atoms in total. The van der Waals surface area contributed by atoms with Crippen molar-refractivity contribution >= 4 is 27.4 Å². The van der Waals surface area contributed by atoms with Crippen molar-refractivity contribution in [3.63, 3.8) is 0 Å². The molecular weight excluding hydrogens is 214 g/mol. The number of benzene rings is 1. The molecule has 0 heterocycles. The normalized spacial score (nSPS) is 11.2. The second kappa shape index (κ2) is 3.43. The van der Waals surface area contributed by atoms with Gasteiger partial charge in [0.2, 0.25) is 0 Å². The Morgan fingerprint density at radius 3 is 2.54 bits per heavy atom. The van der Waals surface area contributed by atoms with Gasteiger partial charge in [-0.2, -0.15) is 8.42 Å². The first-order valence-corrected chi connectivity index (χ1v) is 5.52. The smallest absolute Gasteiger partial charge is 0.306 e. The zero-order valence-electron chi connectivity index (χ0n) is 6.82. The van der Waals surface area contributed by atoms with E-state index < -0.39 is 10.1 Å². The zero-order valence-corrected chi connectivity index (χ0v) is 8.39. The van der Waals surface area contributed by atoms with E-state index in [9.17, 15) is 8.42 Å². The number of rotatable bonds is 2. The molecular formula is C7H8ClNO3S. The molecule has 0 saturated heterocycles. The lowest BCUT2D eigenvalue weighted by molar-refractivity contribution is 0.494. The van der Waals surface area contributed by atoms with Crippen LogP contribution in [0.15, 0.2) is 18.2 Å². The first-order chi connectivity index (χ1) is 5.88. The minimum atomic E-state index is -3.54. The van der Waals surface area contributed by atoms with Gasteiger partial charge >= 0.3 is 10.1 Å². The molecule has 2 N–H and O–H groups in total. The Kier molecular flexibility index (Phi) is 2.68. The third kappa shape index (κ3) is 3.12. The minimum absolute atomic E-state index is 0.0897. The summed E-state index contributed by atoms with van der Waals surface area (Å²) in [6.07, 6.45) is 0.945. The van der Waals surface area contributed by atoms with Crippen molar-refractivity contribution in [2.45, 2.75) is 0 Å². The fourth-order valence-corrected chi connectivity index (χ4v) is 1.42. The van der Waals surface area contributed by atoms with Crippen molar-refractivity contribution in [3.05, 3.63) is 23.2 Å². The SMILES string of the molecule is CS(=O)(=O)Oc1ccc(Cl)cc1N. The monoisotopic (exact) mass is 221 g/mol. The number of hydrogen-bond donors (Lipinski definition) is 1. The average Bonchev–Trinajstić information content (AvgIpc) is 1.93. The Balaban J connectivity index is 3.04. The lowest BCUT2D eigenvalue weighted by atomic mass is 10.3. The summed E-state index contributed by atoms with van der Waals surface area (Å²) in [5.74, 6) is 0.0897. The van der Waals surface area contributed by atoms with Crippen LogP contribution in [0.4, 0.5) is 5.69 Å². The zero-order chi connectivity index (χ0) is 10.1. The molecule has 0 aliphatic rings. The van der Waals surface area contributed by atoms with E-state index in [1.54, 1.807) is 0 Å². The second-order valence-corrected chi connectivity index (χ2v) is 4.48. The fourth-order valence-electron chi connectivity index (χ4n) is 0.758. The predicted octanol–water partition coefficient (Wildman–Crippen LogP) is 1.26. The van der Waals surface area contributed by atoms with E-state index in [1.165, 1.54) is 18.2 Å². The maximum Gasteiger partial charge on any atom is 0.306 e. The molecule has 0 fully saturated rings. The maximum atomic E-state index is 10.7. The molecule has 1 aromatic rings. The molecule has 1 rings (SSSR count). The van der Waals surface area contributed by atoms with Crippen molar-refractivity contribution in [2.75, 3.05) is 12.0 Å². The highest BCUT2D eigenvalue weighted by atomic mass is 35.5. The van der Waals surface area contributed by atoms with Crippen molar-refractivity contribution in [1.82, 2.24) is 0 Å². The lowest BCUT2D eigenvalue weighted by Crippen LogP contribution is -2.07. The molecule has 0 aliphatic heterocycles. The van der Waals surface area contributed by atoms with Crippen LogP contribution in [0.5, 0.6) is 5.75 Å². The number of nitrogen functional groups attached to an aromatic ring is 1. The molecule has 1 aromatic carbocycles. The van der Waals surface area contributed by atoms with E-state index in [2.05, 4.69) is 4.18 Å². The molecule has 0 bridgehead atoms. The van der Waals surface area contributed by atoms with Gasteiger partial charge in [0.1, 0.15) is 0 Å². The second-order valence-electron chi connectivity index (χ2n) is 2.47. The first-order valence-electron chi connectivity index (χ1n) is 3.33. The van der Waals surface area contributed by atoms with E-state index in [4.69, 9.17) is 17.3 Å². The van der Waals surface area contributed by atoms with E-state index in [0.717, 1.165) is 6.26 Å². The van der Waals surface area contributed by atoms with E-state index >= 15 is 0 Å². The molecule has 6 heteroatoms. The quantitative estimate of drug-likeness (QED) is 0.603. The van der Waals surface area contributed by atoms with Crippen molar-refractivity contribution in [1.29, 1.82) is 0 Å². The topological polar surface area (TPSA) is 69.4 Å². The Bertz CT molecular complexity index is 416. The minimum Gasteiger partial charge on any atom is -0.396 e. The van der Waals surface area contributed by atoms with Gasteiger partial charge in [-0.25, -0.2) is 0 Å². The Morgan fingerprint density at radius 2 is 2.08 bits per heavy atom. The van der Waals surface area contributed by atoms with Gasteiger partial charge in [0.25, 0.3) is 0 Å². The molecule has 13 heavy (non-hydrogen) atoms. The van der Waals surface area contributed by atoms with Crippen LogP contribution in [0, 0.1) is 0 Å². The maximum absolute atomic E-state index is 10.7. The molecule has 0 amide bonds. The van der Waals surface area contributed by atoms with Crippen LogP contribution in [0.25, 0.3) is 0 Å². The molecule has 0 aliphatic carbocycles. The molecule has 0 atom stereocenters. The van der Waals surface area contributed by atoms with Crippen LogP contribution < -0.4 is 9.92 Å². The van der Waals surface area contributed by atoms with E-state index in [-0.39, 0.29) is 11.4 Å². The molecule has 0 spiro atoms. The van der Waals surface area contributed by atoms with Gasteiger partial charge in [0.15, 0.2) is 5.75 Å². The highest BCUT2D eigenvalue weighted by Crippen LogP contribution is 2.25. The Labute approximate surface area is 81.4 Å². The highest BCUT2D eigenvalue weighted by Gasteiger charge is 2.07. The summed E-state index contributed by atoms with van der Waals surface area (Å²) < 4.78 is 26.0. The van der Waals surface area contributed by atoms with Gasteiger partial charge in [-0.15, -0.1) is 0 Å². The lowest BCUT2D eigenvalue weighted by Gasteiger charge is -2.05. The van der Waals surface area contributed by atoms with Crippen LogP contribution in [0.2, 0.25) is 5.02 Å². The highest BCUT2D eigenvalue weighted by molar-refractivity contribution is 7.86. The van der Waals surface area contributed by atoms with E-state index in [1.807, 2.05) is 0 Å². The molecule has 72 valence electrons. The third-order valence-electron chi connectivity index (χ3n) is 1.21. The average molecular weight is 222 g/mol. The fraction of sp³-hybridized carbons (Fsp3) is 0.143. The van der Waals surface area contributed by atoms with Gasteiger partial charge in [0.05, 0.1) is 11.9 Å². The van der Waals surface area contributed by atoms with Gasteiger partial charge in [-0.05, 0) is 18.2 Å². The first kappa shape index (κ1) is 10.1. The number of anilines is 1. The van der Waals surface area contributed by atoms with Gasteiger partial charge in [-0.3, -0.25) is 0 Å². The summed E-state index contributed by atoms with van der Waals surface area (Å²) in [4.78, 5) is 0. The summed E-state index contributed by atoms with van der Waals surface area (Å²) in [6, 6.07) is 4.32. The summed E-state index contributed by atoms with van der Waals surface area (Å²) in [7, 11) is -3.54. The van der Waals surface area contributed by atoms with Crippen LogP contribution in [0.1, 0.15) is 0 Å². The summed E-state index contributed by atoms with van der Waals surface area (Å²) in [5.41, 5.74) is 5.65. The molecule has 0 saturated carbocycles. The van der Waals surface area contributed by atoms with Crippen LogP contribution >= 0.6 is 11.6 Å². The van der Waals surface area contributed by atoms with Gasteiger partial charge < -0.3 is 9.92 Å². The predicted molar refractivity (Wildman–Crippen MR) is 51.3 cm³/mol.